The molecule has 0 aliphatic rings. The topological polar surface area (TPSA) is 39.2 Å². The van der Waals surface area contributed by atoms with E-state index in [4.69, 9.17) is 4.74 Å². The zero-order valence-corrected chi connectivity index (χ0v) is 15.9. The molecule has 0 aliphatic carbocycles. The minimum atomic E-state index is -0.351. The molecule has 0 aromatic carbocycles. The molecular formula is C19H28BrNO2. The molecular weight excluding hydrogens is 354 g/mol. The molecule has 0 spiro atoms. The third-order valence-electron chi connectivity index (χ3n) is 3.76. The third kappa shape index (κ3) is 7.78. The first kappa shape index (κ1) is 19.9. The van der Waals surface area contributed by atoms with Crippen molar-refractivity contribution in [2.75, 3.05) is 0 Å². The smallest absolute Gasteiger partial charge is 0.333 e. The lowest BCUT2D eigenvalue weighted by atomic mass is 10.0. The zero-order chi connectivity index (χ0) is 17.1. The predicted octanol–water partition coefficient (Wildman–Crippen LogP) is 6.15. The van der Waals surface area contributed by atoms with Crippen molar-refractivity contribution >= 4 is 21.9 Å². The fourth-order valence-electron chi connectivity index (χ4n) is 2.40. The van der Waals surface area contributed by atoms with E-state index in [9.17, 15) is 4.79 Å². The number of pyridine rings is 1. The highest BCUT2D eigenvalue weighted by atomic mass is 79.9. The molecule has 0 saturated heterocycles. The summed E-state index contributed by atoms with van der Waals surface area (Å²) < 4.78 is 6.47. The van der Waals surface area contributed by atoms with Gasteiger partial charge in [0.05, 0.1) is 5.69 Å². The quantitative estimate of drug-likeness (QED) is 0.262. The molecule has 1 aromatic rings. The van der Waals surface area contributed by atoms with Crippen LogP contribution in [-0.2, 0) is 9.53 Å². The first-order valence-electron chi connectivity index (χ1n) is 8.53. The third-order valence-corrected chi connectivity index (χ3v) is 4.43. The highest BCUT2D eigenvalue weighted by molar-refractivity contribution is 9.10. The van der Waals surface area contributed by atoms with E-state index < -0.39 is 0 Å². The molecule has 4 heteroatoms. The van der Waals surface area contributed by atoms with Gasteiger partial charge in [-0.1, -0.05) is 52.0 Å². The summed E-state index contributed by atoms with van der Waals surface area (Å²) in [5, 5.41) is 0. The molecule has 23 heavy (non-hydrogen) atoms. The fraction of sp³-hybridized carbons (Fsp3) is 0.579. The summed E-state index contributed by atoms with van der Waals surface area (Å²) in [5.41, 5.74) is 1.20. The normalized spacial score (nSPS) is 12.0. The molecule has 1 aromatic heterocycles. The standard InChI is InChI=1S/C19H28BrNO2/c1-4-5-6-7-8-9-10-13-17(23-19(22)15(2)3)18-16(20)12-11-14-21-18/h11-12,14,17H,2,4-10,13H2,1,3H3. The minimum Gasteiger partial charge on any atom is -0.452 e. The molecule has 0 radical (unpaired) electrons. The maximum absolute atomic E-state index is 11.9. The molecule has 0 saturated carbocycles. The minimum absolute atomic E-state index is 0.314. The number of carbonyl (C=O) groups excluding carboxylic acids is 1. The molecule has 1 atom stereocenters. The number of unbranched alkanes of at least 4 members (excludes halogenated alkanes) is 6. The SMILES string of the molecule is C=C(C)C(=O)OC(CCCCCCCCC)c1ncccc1Br. The molecule has 3 nitrogen and oxygen atoms in total. The highest BCUT2D eigenvalue weighted by Gasteiger charge is 2.20. The molecule has 1 unspecified atom stereocenters. The van der Waals surface area contributed by atoms with Crippen LogP contribution in [0.3, 0.4) is 0 Å². The molecule has 128 valence electrons. The van der Waals surface area contributed by atoms with Crippen LogP contribution >= 0.6 is 15.9 Å². The van der Waals surface area contributed by atoms with Gasteiger partial charge in [0.25, 0.3) is 0 Å². The maximum atomic E-state index is 11.9. The lowest BCUT2D eigenvalue weighted by Gasteiger charge is -2.18. The second-order valence-electron chi connectivity index (χ2n) is 5.95. The van der Waals surface area contributed by atoms with Crippen LogP contribution in [0.5, 0.6) is 0 Å². The Labute approximate surface area is 148 Å². The largest absolute Gasteiger partial charge is 0.452 e. The van der Waals surface area contributed by atoms with Gasteiger partial charge in [-0.25, -0.2) is 4.79 Å². The number of esters is 1. The van der Waals surface area contributed by atoms with E-state index in [-0.39, 0.29) is 12.1 Å². The van der Waals surface area contributed by atoms with Crippen LogP contribution in [0.1, 0.15) is 77.0 Å². The Hall–Kier alpha value is -1.16. The number of carbonyl (C=O) groups is 1. The summed E-state index contributed by atoms with van der Waals surface area (Å²) in [5.74, 6) is -0.351. The van der Waals surface area contributed by atoms with Crippen LogP contribution in [0.15, 0.2) is 35.0 Å². The lowest BCUT2D eigenvalue weighted by molar-refractivity contribution is -0.145. The van der Waals surface area contributed by atoms with Crippen molar-refractivity contribution in [2.45, 2.75) is 71.3 Å². The monoisotopic (exact) mass is 381 g/mol. The average Bonchev–Trinajstić information content (AvgIpc) is 2.53. The zero-order valence-electron chi connectivity index (χ0n) is 14.3. The van der Waals surface area contributed by atoms with Crippen molar-refractivity contribution in [3.05, 3.63) is 40.6 Å². The number of aromatic nitrogens is 1. The lowest BCUT2D eigenvalue weighted by Crippen LogP contribution is -2.13. The molecule has 1 rings (SSSR count). The van der Waals surface area contributed by atoms with Crippen LogP contribution in [0, 0.1) is 0 Å². The van der Waals surface area contributed by atoms with Crippen molar-refractivity contribution in [3.63, 3.8) is 0 Å². The van der Waals surface area contributed by atoms with Gasteiger partial charge in [0, 0.05) is 16.2 Å². The highest BCUT2D eigenvalue weighted by Crippen LogP contribution is 2.29. The van der Waals surface area contributed by atoms with Crippen LogP contribution in [-0.4, -0.2) is 11.0 Å². The fourth-order valence-corrected chi connectivity index (χ4v) is 2.91. The molecule has 0 N–H and O–H groups in total. The van der Waals surface area contributed by atoms with Crippen LogP contribution in [0.4, 0.5) is 0 Å². The Bertz CT molecular complexity index is 502. The summed E-state index contributed by atoms with van der Waals surface area (Å²) in [6, 6.07) is 3.79. The Kier molecular flexibility index (Phi) is 9.85. The number of rotatable bonds is 11. The second-order valence-corrected chi connectivity index (χ2v) is 6.81. The number of halogens is 1. The summed E-state index contributed by atoms with van der Waals surface area (Å²) in [7, 11) is 0. The number of ether oxygens (including phenoxy) is 1. The van der Waals surface area contributed by atoms with E-state index in [1.54, 1.807) is 13.1 Å². The van der Waals surface area contributed by atoms with Crippen LogP contribution in [0.2, 0.25) is 0 Å². The van der Waals surface area contributed by atoms with Gasteiger partial charge in [0.2, 0.25) is 0 Å². The number of nitrogens with zero attached hydrogens (tertiary/aromatic N) is 1. The number of hydrogen-bond donors (Lipinski definition) is 0. The summed E-state index contributed by atoms with van der Waals surface area (Å²) in [4.78, 5) is 16.3. The Morgan fingerprint density at radius 3 is 2.52 bits per heavy atom. The first-order valence-corrected chi connectivity index (χ1v) is 9.32. The Balaban J connectivity index is 2.54. The van der Waals surface area contributed by atoms with Gasteiger partial charge >= 0.3 is 5.97 Å². The van der Waals surface area contributed by atoms with Gasteiger partial charge in [-0.2, -0.15) is 0 Å². The van der Waals surface area contributed by atoms with Crippen LogP contribution < -0.4 is 0 Å². The van der Waals surface area contributed by atoms with E-state index in [1.165, 1.54) is 32.1 Å². The second kappa shape index (κ2) is 11.4. The maximum Gasteiger partial charge on any atom is 0.333 e. The number of hydrogen-bond acceptors (Lipinski definition) is 3. The van der Waals surface area contributed by atoms with Gasteiger partial charge in [0.15, 0.2) is 0 Å². The van der Waals surface area contributed by atoms with Gasteiger partial charge in [0.1, 0.15) is 6.10 Å². The van der Waals surface area contributed by atoms with E-state index in [1.807, 2.05) is 12.1 Å². The summed E-state index contributed by atoms with van der Waals surface area (Å²) >= 11 is 3.50. The van der Waals surface area contributed by atoms with Gasteiger partial charge < -0.3 is 4.74 Å². The van der Waals surface area contributed by atoms with E-state index in [2.05, 4.69) is 34.4 Å². The first-order chi connectivity index (χ1) is 11.1. The van der Waals surface area contributed by atoms with E-state index in [0.29, 0.717) is 5.57 Å². The van der Waals surface area contributed by atoms with Gasteiger partial charge in [-0.3, -0.25) is 4.98 Å². The molecule has 1 heterocycles. The van der Waals surface area contributed by atoms with Crippen molar-refractivity contribution in [1.82, 2.24) is 4.98 Å². The Morgan fingerprint density at radius 1 is 1.26 bits per heavy atom. The average molecular weight is 382 g/mol. The predicted molar refractivity (Wildman–Crippen MR) is 98.2 cm³/mol. The molecule has 0 aliphatic heterocycles. The molecule has 0 amide bonds. The van der Waals surface area contributed by atoms with Crippen molar-refractivity contribution in [3.8, 4) is 0 Å². The van der Waals surface area contributed by atoms with E-state index in [0.717, 1.165) is 29.4 Å². The van der Waals surface area contributed by atoms with Crippen molar-refractivity contribution in [1.29, 1.82) is 0 Å². The summed E-state index contributed by atoms with van der Waals surface area (Å²) in [6.45, 7) is 7.55. The Morgan fingerprint density at radius 2 is 1.91 bits per heavy atom. The van der Waals surface area contributed by atoms with Crippen molar-refractivity contribution in [2.24, 2.45) is 0 Å². The molecule has 0 bridgehead atoms. The van der Waals surface area contributed by atoms with Crippen LogP contribution in [0.25, 0.3) is 0 Å². The van der Waals surface area contributed by atoms with Crippen molar-refractivity contribution < 1.29 is 9.53 Å². The van der Waals surface area contributed by atoms with Gasteiger partial charge in [-0.05, 0) is 47.8 Å². The summed E-state index contributed by atoms with van der Waals surface area (Å²) in [6.07, 6.45) is 10.8. The van der Waals surface area contributed by atoms with Gasteiger partial charge in [-0.15, -0.1) is 0 Å². The van der Waals surface area contributed by atoms with E-state index >= 15 is 0 Å². The molecule has 0 fully saturated rings.